The van der Waals surface area contributed by atoms with Gasteiger partial charge >= 0.3 is 29.6 Å². The van der Waals surface area contributed by atoms with Crippen LogP contribution in [0.3, 0.4) is 0 Å². The number of rotatable bonds is 0. The van der Waals surface area contributed by atoms with E-state index >= 15 is 0 Å². The Morgan fingerprint density at radius 2 is 1.10 bits per heavy atom. The van der Waals surface area contributed by atoms with Crippen molar-refractivity contribution >= 4 is 5.97 Å². The molecule has 0 unspecified atom stereocenters. The molecule has 0 aromatic carbocycles. The Morgan fingerprint density at radius 1 is 1.10 bits per heavy atom. The summed E-state index contributed by atoms with van der Waals surface area (Å²) < 4.78 is 0. The van der Waals surface area contributed by atoms with Gasteiger partial charge < -0.3 is 48.8 Å². The Hall–Kier alpha value is 0.790. The van der Waals surface area contributed by atoms with Crippen molar-refractivity contribution in [1.29, 1.82) is 0 Å². The van der Waals surface area contributed by atoms with Crippen LogP contribution >= 0.6 is 0 Å². The largest absolute Gasteiger partial charge is 1.00 e. The third-order valence-electron chi connectivity index (χ3n) is 0. The van der Waals surface area contributed by atoms with Gasteiger partial charge in [0.2, 0.25) is 0 Å². The Bertz CT molecular complexity index is 38.7. The molecule has 0 spiro atoms. The van der Waals surface area contributed by atoms with E-state index in [-0.39, 0.29) is 68.4 Å². The Kier molecular flexibility index (Phi) is 379. The maximum absolute atomic E-state index is 8.89. The minimum absolute atomic E-state index is 0. The van der Waals surface area contributed by atoms with Crippen LogP contribution in [-0.4, -0.2) is 27.9 Å². The van der Waals surface area contributed by atoms with E-state index in [0.717, 1.165) is 6.92 Å². The number of halogens is 1. The average molecular weight is 234 g/mol. The molecule has 8 N–H and O–H groups in total. The van der Waals surface area contributed by atoms with Crippen molar-refractivity contribution in [1.82, 2.24) is 0 Å². The SMILES string of the molecule is CC(=O)[O-].O.O.O.O.[Br-].[Na+]. The van der Waals surface area contributed by atoms with Crippen LogP contribution in [0.15, 0.2) is 0 Å². The molecule has 0 rings (SSSR count). The molecule has 0 saturated carbocycles. The molecular weight excluding hydrogens is 223 g/mol. The van der Waals surface area contributed by atoms with Gasteiger partial charge in [-0.25, -0.2) is 0 Å². The summed E-state index contributed by atoms with van der Waals surface area (Å²) >= 11 is 0. The average Bonchev–Trinajstić information content (AvgIpc) is 0.811. The summed E-state index contributed by atoms with van der Waals surface area (Å²) in [5.74, 6) is -1.08. The predicted molar refractivity (Wildman–Crippen MR) is 25.1 cm³/mol. The van der Waals surface area contributed by atoms with Gasteiger partial charge in [0.05, 0.1) is 0 Å². The normalized spacial score (nSPS) is 2.50. The topological polar surface area (TPSA) is 166 Å². The van der Waals surface area contributed by atoms with Crippen LogP contribution in [0.25, 0.3) is 0 Å². The maximum atomic E-state index is 8.89. The second-order valence-corrected chi connectivity index (χ2v) is 0.492. The Balaban J connectivity index is -0.00000000300. The molecule has 0 amide bonds. The number of carbonyl (C=O) groups excluding carboxylic acids is 1. The summed E-state index contributed by atoms with van der Waals surface area (Å²) in [5, 5.41) is 8.89. The predicted octanol–water partition coefficient (Wildman–Crippen LogP) is -10.5. The summed E-state index contributed by atoms with van der Waals surface area (Å²) in [6.07, 6.45) is 0. The molecule has 64 valence electrons. The van der Waals surface area contributed by atoms with Crippen molar-refractivity contribution in [3.63, 3.8) is 0 Å². The quantitative estimate of drug-likeness (QED) is 0.380. The van der Waals surface area contributed by atoms with Gasteiger partial charge in [-0.3, -0.25) is 0 Å². The Labute approximate surface area is 90.9 Å². The summed E-state index contributed by atoms with van der Waals surface area (Å²) in [7, 11) is 0. The van der Waals surface area contributed by atoms with Gasteiger partial charge in [-0.2, -0.15) is 0 Å². The smallest absolute Gasteiger partial charge is 1.00 e. The van der Waals surface area contributed by atoms with Crippen LogP contribution in [0.2, 0.25) is 0 Å². The van der Waals surface area contributed by atoms with Crippen molar-refractivity contribution in [2.45, 2.75) is 6.92 Å². The van der Waals surface area contributed by atoms with E-state index in [4.69, 9.17) is 9.90 Å². The number of carboxylic acids is 1. The van der Waals surface area contributed by atoms with Crippen molar-refractivity contribution in [3.8, 4) is 0 Å². The number of carboxylic acid groups (broad SMARTS) is 1. The van der Waals surface area contributed by atoms with Crippen molar-refractivity contribution in [3.05, 3.63) is 0 Å². The first-order valence-electron chi connectivity index (χ1n) is 0.908. The van der Waals surface area contributed by atoms with Crippen molar-refractivity contribution in [2.75, 3.05) is 0 Å². The first-order chi connectivity index (χ1) is 1.73. The van der Waals surface area contributed by atoms with E-state index in [1.807, 2.05) is 0 Å². The number of carbonyl (C=O) groups is 1. The third-order valence-corrected chi connectivity index (χ3v) is 0. The molecule has 0 bridgehead atoms. The van der Waals surface area contributed by atoms with Gasteiger partial charge in [-0.15, -0.1) is 0 Å². The monoisotopic (exact) mass is 233 g/mol. The zero-order valence-corrected chi connectivity index (χ0v) is 9.28. The van der Waals surface area contributed by atoms with E-state index in [1.54, 1.807) is 0 Å². The molecule has 0 atom stereocenters. The van der Waals surface area contributed by atoms with Gasteiger partial charge in [0.25, 0.3) is 0 Å². The van der Waals surface area contributed by atoms with E-state index in [0.29, 0.717) is 0 Å². The fourth-order valence-corrected chi connectivity index (χ4v) is 0. The molecule has 0 aliphatic rings. The molecule has 10 heavy (non-hydrogen) atoms. The van der Waals surface area contributed by atoms with E-state index in [1.165, 1.54) is 0 Å². The minimum atomic E-state index is -1.08. The number of hydrogen-bond donors (Lipinski definition) is 0. The molecule has 0 heterocycles. The Morgan fingerprint density at radius 3 is 1.10 bits per heavy atom. The number of hydrogen-bond acceptors (Lipinski definition) is 2. The molecule has 8 heteroatoms. The molecule has 6 nitrogen and oxygen atoms in total. The first kappa shape index (κ1) is 72.0. The van der Waals surface area contributed by atoms with Gasteiger partial charge in [-0.05, 0) is 6.92 Å². The van der Waals surface area contributed by atoms with Crippen molar-refractivity contribution < 1.29 is 78.3 Å². The molecule has 0 saturated heterocycles. The first-order valence-corrected chi connectivity index (χ1v) is 0.908. The molecular formula is C2H11BrNaO6-. The van der Waals surface area contributed by atoms with Crippen LogP contribution in [0, 0.1) is 0 Å². The third kappa shape index (κ3) is 855. The van der Waals surface area contributed by atoms with Crippen LogP contribution in [0.5, 0.6) is 0 Å². The molecule has 0 fully saturated rings. The fraction of sp³-hybridized carbons (Fsp3) is 0.500. The summed E-state index contributed by atoms with van der Waals surface area (Å²) in [5.41, 5.74) is 0. The fourth-order valence-electron chi connectivity index (χ4n) is 0. The van der Waals surface area contributed by atoms with E-state index in [2.05, 4.69) is 0 Å². The van der Waals surface area contributed by atoms with Crippen LogP contribution in [0.4, 0.5) is 0 Å². The summed E-state index contributed by atoms with van der Waals surface area (Å²) in [6.45, 7) is 0.972. The van der Waals surface area contributed by atoms with Gasteiger partial charge in [0.1, 0.15) is 0 Å². The maximum Gasteiger partial charge on any atom is 1.00 e. The van der Waals surface area contributed by atoms with Crippen LogP contribution in [-0.2, 0) is 4.79 Å². The molecule has 0 radical (unpaired) electrons. The molecule has 0 aromatic heterocycles. The number of aliphatic carboxylic acids is 1. The standard InChI is InChI=1S/C2H4O2.BrH.Na.4H2O/c1-2(3)4;;;;;;/h1H3,(H,3,4);1H;;4*1H2/q;;+1;;;;/p-2. The second kappa shape index (κ2) is 52.7. The van der Waals surface area contributed by atoms with E-state index in [9.17, 15) is 0 Å². The zero-order chi connectivity index (χ0) is 3.58. The van der Waals surface area contributed by atoms with Gasteiger partial charge in [-0.1, -0.05) is 0 Å². The van der Waals surface area contributed by atoms with E-state index < -0.39 is 5.97 Å². The van der Waals surface area contributed by atoms with Gasteiger partial charge in [0, 0.05) is 5.97 Å². The van der Waals surface area contributed by atoms with Gasteiger partial charge in [0.15, 0.2) is 0 Å². The van der Waals surface area contributed by atoms with Crippen molar-refractivity contribution in [2.24, 2.45) is 0 Å². The summed E-state index contributed by atoms with van der Waals surface area (Å²) in [4.78, 5) is 8.89. The second-order valence-electron chi connectivity index (χ2n) is 0.492. The molecule has 0 aliphatic heterocycles. The minimum Gasteiger partial charge on any atom is -1.00 e. The van der Waals surface area contributed by atoms with Crippen LogP contribution in [0.1, 0.15) is 6.92 Å². The summed E-state index contributed by atoms with van der Waals surface area (Å²) in [6, 6.07) is 0. The molecule has 0 aromatic rings. The zero-order valence-electron chi connectivity index (χ0n) is 5.69. The van der Waals surface area contributed by atoms with Crippen LogP contribution < -0.4 is 51.6 Å². The molecule has 0 aliphatic carbocycles.